The summed E-state index contributed by atoms with van der Waals surface area (Å²) in [6, 6.07) is 12.3. The Bertz CT molecular complexity index is 552. The molecule has 1 aromatic carbocycles. The minimum atomic E-state index is 0.233. The third-order valence-electron chi connectivity index (χ3n) is 3.59. The molecule has 0 aliphatic carbocycles. The summed E-state index contributed by atoms with van der Waals surface area (Å²) in [6.45, 7) is 2.35. The number of hydrogen-bond acceptors (Lipinski definition) is 3. The monoisotopic (exact) mass is 316 g/mol. The van der Waals surface area contributed by atoms with Crippen LogP contribution in [0.3, 0.4) is 0 Å². The van der Waals surface area contributed by atoms with Crippen LogP contribution in [0, 0.1) is 0 Å². The number of amides is 1. The van der Waals surface area contributed by atoms with Crippen LogP contribution >= 0.6 is 11.3 Å². The normalized spacial score (nSPS) is 10.9. The molecule has 2 rings (SSSR count). The molecule has 0 fully saturated rings. The average molecular weight is 316 g/mol. The predicted molar refractivity (Wildman–Crippen MR) is 93.1 cm³/mol. The maximum absolute atomic E-state index is 12.6. The summed E-state index contributed by atoms with van der Waals surface area (Å²) in [5.41, 5.74) is 2.44. The Morgan fingerprint density at radius 3 is 2.45 bits per heavy atom. The molecule has 118 valence electrons. The molecule has 2 aromatic rings. The predicted octanol–water partition coefficient (Wildman–Crippen LogP) is 3.27. The van der Waals surface area contributed by atoms with Crippen LogP contribution in [-0.4, -0.2) is 42.9 Å². The van der Waals surface area contributed by atoms with E-state index in [0.717, 1.165) is 19.5 Å². The molecule has 4 heteroatoms. The summed E-state index contributed by atoms with van der Waals surface area (Å²) in [6.07, 6.45) is 1.41. The molecule has 0 bridgehead atoms. The van der Waals surface area contributed by atoms with E-state index in [9.17, 15) is 4.79 Å². The van der Waals surface area contributed by atoms with Crippen molar-refractivity contribution >= 4 is 17.2 Å². The van der Waals surface area contributed by atoms with E-state index >= 15 is 0 Å². The standard InChI is InChI=1S/C18H24N2OS/c1-19(2)11-12-20(14-16-6-4-3-5-7-16)18(21)9-8-17-10-13-22-15-17/h3-7,10,13,15H,8-9,11-12,14H2,1-2H3. The van der Waals surface area contributed by atoms with Crippen LogP contribution in [-0.2, 0) is 17.8 Å². The molecule has 0 radical (unpaired) electrons. The van der Waals surface area contributed by atoms with Crippen molar-refractivity contribution in [3.63, 3.8) is 0 Å². The van der Waals surface area contributed by atoms with Crippen LogP contribution in [0.2, 0.25) is 0 Å². The molecule has 0 N–H and O–H groups in total. The fourth-order valence-corrected chi connectivity index (χ4v) is 2.96. The van der Waals surface area contributed by atoms with E-state index in [2.05, 4.69) is 33.9 Å². The van der Waals surface area contributed by atoms with Gasteiger partial charge in [-0.2, -0.15) is 11.3 Å². The zero-order valence-corrected chi connectivity index (χ0v) is 14.2. The Hall–Kier alpha value is -1.65. The van der Waals surface area contributed by atoms with E-state index in [4.69, 9.17) is 0 Å². The van der Waals surface area contributed by atoms with Crippen molar-refractivity contribution in [2.24, 2.45) is 0 Å². The van der Waals surface area contributed by atoms with Crippen molar-refractivity contribution < 1.29 is 4.79 Å². The van der Waals surface area contributed by atoms with Gasteiger partial charge in [0.05, 0.1) is 0 Å². The summed E-state index contributed by atoms with van der Waals surface area (Å²) < 4.78 is 0. The first-order valence-electron chi connectivity index (χ1n) is 7.62. The highest BCUT2D eigenvalue weighted by Crippen LogP contribution is 2.11. The van der Waals surface area contributed by atoms with Crippen LogP contribution < -0.4 is 0 Å². The quantitative estimate of drug-likeness (QED) is 0.746. The van der Waals surface area contributed by atoms with E-state index in [1.54, 1.807) is 11.3 Å². The number of hydrogen-bond donors (Lipinski definition) is 0. The summed E-state index contributed by atoms with van der Waals surface area (Å²) in [4.78, 5) is 16.7. The van der Waals surface area contributed by atoms with Crippen LogP contribution in [0.5, 0.6) is 0 Å². The largest absolute Gasteiger partial charge is 0.337 e. The van der Waals surface area contributed by atoms with E-state index in [1.165, 1.54) is 11.1 Å². The second-order valence-electron chi connectivity index (χ2n) is 5.74. The first kappa shape index (κ1) is 16.7. The van der Waals surface area contributed by atoms with Gasteiger partial charge in [0, 0.05) is 26.1 Å². The maximum Gasteiger partial charge on any atom is 0.223 e. The maximum atomic E-state index is 12.6. The zero-order valence-electron chi connectivity index (χ0n) is 13.4. The molecule has 0 saturated heterocycles. The number of aryl methyl sites for hydroxylation is 1. The molecule has 0 aliphatic heterocycles. The van der Waals surface area contributed by atoms with Crippen LogP contribution in [0.15, 0.2) is 47.2 Å². The highest BCUT2D eigenvalue weighted by molar-refractivity contribution is 7.07. The third-order valence-corrected chi connectivity index (χ3v) is 4.33. The molecule has 0 unspecified atom stereocenters. The van der Waals surface area contributed by atoms with Crippen molar-refractivity contribution in [1.82, 2.24) is 9.80 Å². The molecular weight excluding hydrogens is 292 g/mol. The summed E-state index contributed by atoms with van der Waals surface area (Å²) in [5, 5.41) is 4.18. The minimum absolute atomic E-state index is 0.233. The molecular formula is C18H24N2OS. The Morgan fingerprint density at radius 2 is 1.82 bits per heavy atom. The molecule has 0 spiro atoms. The van der Waals surface area contributed by atoms with Crippen molar-refractivity contribution in [1.29, 1.82) is 0 Å². The van der Waals surface area contributed by atoms with Gasteiger partial charge in [-0.15, -0.1) is 0 Å². The number of thiophene rings is 1. The van der Waals surface area contributed by atoms with Gasteiger partial charge >= 0.3 is 0 Å². The first-order valence-corrected chi connectivity index (χ1v) is 8.57. The van der Waals surface area contributed by atoms with Gasteiger partial charge in [-0.1, -0.05) is 30.3 Å². The molecule has 22 heavy (non-hydrogen) atoms. The lowest BCUT2D eigenvalue weighted by Crippen LogP contribution is -2.36. The number of likely N-dealkylation sites (N-methyl/N-ethyl adjacent to an activating group) is 1. The SMILES string of the molecule is CN(C)CCN(Cc1ccccc1)C(=O)CCc1ccsc1. The van der Waals surface area contributed by atoms with Crippen molar-refractivity contribution in [2.45, 2.75) is 19.4 Å². The highest BCUT2D eigenvalue weighted by Gasteiger charge is 2.14. The highest BCUT2D eigenvalue weighted by atomic mass is 32.1. The molecule has 3 nitrogen and oxygen atoms in total. The third kappa shape index (κ3) is 5.62. The smallest absolute Gasteiger partial charge is 0.223 e. The van der Waals surface area contributed by atoms with Gasteiger partial charge in [-0.25, -0.2) is 0 Å². The van der Waals surface area contributed by atoms with Crippen LogP contribution in [0.4, 0.5) is 0 Å². The lowest BCUT2D eigenvalue weighted by molar-refractivity contribution is -0.131. The number of carbonyl (C=O) groups excluding carboxylic acids is 1. The summed E-state index contributed by atoms with van der Waals surface area (Å²) in [5.74, 6) is 0.233. The molecule has 1 heterocycles. The van der Waals surface area contributed by atoms with Gasteiger partial charge in [0.25, 0.3) is 0 Å². The molecule has 1 aromatic heterocycles. The fourth-order valence-electron chi connectivity index (χ4n) is 2.26. The van der Waals surface area contributed by atoms with Gasteiger partial charge in [0.1, 0.15) is 0 Å². The first-order chi connectivity index (χ1) is 10.6. The van der Waals surface area contributed by atoms with Crippen molar-refractivity contribution in [3.05, 3.63) is 58.3 Å². The van der Waals surface area contributed by atoms with Gasteiger partial charge in [0.2, 0.25) is 5.91 Å². The second kappa shape index (κ2) is 8.71. The van der Waals surface area contributed by atoms with Gasteiger partial charge < -0.3 is 9.80 Å². The van der Waals surface area contributed by atoms with E-state index in [-0.39, 0.29) is 5.91 Å². The number of carbonyl (C=O) groups is 1. The summed E-state index contributed by atoms with van der Waals surface area (Å²) in [7, 11) is 4.08. The zero-order chi connectivity index (χ0) is 15.8. The Kier molecular flexibility index (Phi) is 6.62. The topological polar surface area (TPSA) is 23.6 Å². The number of benzene rings is 1. The fraction of sp³-hybridized carbons (Fsp3) is 0.389. The number of rotatable bonds is 8. The molecule has 0 saturated carbocycles. The van der Waals surface area contributed by atoms with Gasteiger partial charge in [0.15, 0.2) is 0 Å². The van der Waals surface area contributed by atoms with Crippen LogP contribution in [0.1, 0.15) is 17.5 Å². The number of nitrogens with zero attached hydrogens (tertiary/aromatic N) is 2. The van der Waals surface area contributed by atoms with Crippen LogP contribution in [0.25, 0.3) is 0 Å². The van der Waals surface area contributed by atoms with E-state index in [0.29, 0.717) is 13.0 Å². The second-order valence-corrected chi connectivity index (χ2v) is 6.52. The van der Waals surface area contributed by atoms with Crippen molar-refractivity contribution in [3.8, 4) is 0 Å². The minimum Gasteiger partial charge on any atom is -0.337 e. The van der Waals surface area contributed by atoms with Crippen molar-refractivity contribution in [2.75, 3.05) is 27.2 Å². The van der Waals surface area contributed by atoms with Gasteiger partial charge in [-0.3, -0.25) is 4.79 Å². The lowest BCUT2D eigenvalue weighted by Gasteiger charge is -2.24. The summed E-state index contributed by atoms with van der Waals surface area (Å²) >= 11 is 1.68. The molecule has 0 atom stereocenters. The lowest BCUT2D eigenvalue weighted by atomic mass is 10.1. The van der Waals surface area contributed by atoms with E-state index < -0.39 is 0 Å². The Balaban J connectivity index is 1.94. The molecule has 1 amide bonds. The molecule has 0 aliphatic rings. The van der Waals surface area contributed by atoms with E-state index in [1.807, 2.05) is 37.2 Å². The van der Waals surface area contributed by atoms with Gasteiger partial charge in [-0.05, 0) is 48.5 Å². The average Bonchev–Trinajstić information content (AvgIpc) is 3.03. The Morgan fingerprint density at radius 1 is 1.05 bits per heavy atom. The Labute approximate surface area is 137 Å².